The van der Waals surface area contributed by atoms with Gasteiger partial charge in [-0.3, -0.25) is 0 Å². The Labute approximate surface area is 168 Å². The molecule has 2 aromatic rings. The first-order valence-electron chi connectivity index (χ1n) is 10.4. The highest BCUT2D eigenvalue weighted by molar-refractivity contribution is 7.89. The summed E-state index contributed by atoms with van der Waals surface area (Å²) >= 11 is 0. The lowest BCUT2D eigenvalue weighted by Gasteiger charge is -2.28. The fourth-order valence-corrected chi connectivity index (χ4v) is 6.11. The molecule has 4 rings (SSSR count). The van der Waals surface area contributed by atoms with Gasteiger partial charge in [-0.2, -0.15) is 4.31 Å². The van der Waals surface area contributed by atoms with Crippen molar-refractivity contribution in [3.8, 4) is 0 Å². The zero-order valence-electron chi connectivity index (χ0n) is 16.5. The summed E-state index contributed by atoms with van der Waals surface area (Å²) in [6.07, 6.45) is 9.61. The normalized spacial score (nSPS) is 21.7. The van der Waals surface area contributed by atoms with Gasteiger partial charge in [-0.1, -0.05) is 43.0 Å². The molecule has 5 nitrogen and oxygen atoms in total. The molecule has 0 unspecified atom stereocenters. The molecule has 0 spiro atoms. The minimum atomic E-state index is -3.52. The van der Waals surface area contributed by atoms with Crippen LogP contribution in [-0.2, 0) is 10.0 Å². The van der Waals surface area contributed by atoms with E-state index in [1.165, 1.54) is 19.3 Å². The molecule has 1 saturated carbocycles. The number of aromatic nitrogens is 1. The summed E-state index contributed by atoms with van der Waals surface area (Å²) in [7, 11) is -3.52. The minimum absolute atomic E-state index is 0.161. The number of nitrogens with zero attached hydrogens (tertiary/aromatic N) is 2. The summed E-state index contributed by atoms with van der Waals surface area (Å²) in [6.45, 7) is 2.52. The van der Waals surface area contributed by atoms with Crippen LogP contribution in [0.2, 0.25) is 0 Å². The summed E-state index contributed by atoms with van der Waals surface area (Å²) in [4.78, 5) is 4.96. The average Bonchev–Trinajstić information content (AvgIpc) is 3.20. The second-order valence-electron chi connectivity index (χ2n) is 8.01. The van der Waals surface area contributed by atoms with Crippen LogP contribution >= 0.6 is 0 Å². The molecule has 1 aliphatic heterocycles. The van der Waals surface area contributed by atoms with Gasteiger partial charge in [-0.25, -0.2) is 13.4 Å². The first kappa shape index (κ1) is 19.4. The Bertz CT molecular complexity index is 906. The van der Waals surface area contributed by atoms with Gasteiger partial charge in [-0.15, -0.1) is 0 Å². The molecular formula is C22H29N3O2S. The first-order valence-corrected chi connectivity index (χ1v) is 11.8. The molecule has 0 bridgehead atoms. The summed E-state index contributed by atoms with van der Waals surface area (Å²) in [5.41, 5.74) is 2.06. The number of hydrogen-bond acceptors (Lipinski definition) is 4. The number of pyridine rings is 1. The van der Waals surface area contributed by atoms with Crippen molar-refractivity contribution in [1.29, 1.82) is 0 Å². The molecule has 1 saturated heterocycles. The van der Waals surface area contributed by atoms with E-state index in [1.807, 2.05) is 31.2 Å². The predicted octanol–water partition coefficient (Wildman–Crippen LogP) is 4.66. The predicted molar refractivity (Wildman–Crippen MR) is 112 cm³/mol. The van der Waals surface area contributed by atoms with Crippen LogP contribution in [0.1, 0.15) is 62.1 Å². The maximum absolute atomic E-state index is 13.3. The van der Waals surface area contributed by atoms with E-state index in [0.29, 0.717) is 17.5 Å². The third kappa shape index (κ3) is 3.94. The van der Waals surface area contributed by atoms with Crippen molar-refractivity contribution in [2.45, 2.75) is 68.8 Å². The van der Waals surface area contributed by atoms with Crippen LogP contribution in [0.5, 0.6) is 0 Å². The van der Waals surface area contributed by atoms with Crippen molar-refractivity contribution < 1.29 is 8.42 Å². The molecule has 0 amide bonds. The van der Waals surface area contributed by atoms with Gasteiger partial charge in [0.2, 0.25) is 10.0 Å². The number of rotatable bonds is 5. The standard InChI is InChI=1S/C22H29N3O2S/c1-17-11-13-19(14-12-17)28(26,27)25-16-6-10-21(25)20-9-5-15-23-22(20)24-18-7-3-2-4-8-18/h5,9,11-15,18,21H,2-4,6-8,10,16H2,1H3,(H,23,24)/t21-/m0/s1. The van der Waals surface area contributed by atoms with Crippen molar-refractivity contribution in [1.82, 2.24) is 9.29 Å². The monoisotopic (exact) mass is 399 g/mol. The number of nitrogens with one attached hydrogen (secondary N) is 1. The van der Waals surface area contributed by atoms with E-state index in [-0.39, 0.29) is 6.04 Å². The van der Waals surface area contributed by atoms with Gasteiger partial charge >= 0.3 is 0 Å². The van der Waals surface area contributed by atoms with Crippen LogP contribution in [0.25, 0.3) is 0 Å². The molecule has 1 aromatic carbocycles. The molecule has 0 radical (unpaired) electrons. The van der Waals surface area contributed by atoms with Gasteiger partial charge in [0.25, 0.3) is 0 Å². The van der Waals surface area contributed by atoms with Crippen molar-refractivity contribution in [2.24, 2.45) is 0 Å². The summed E-state index contributed by atoms with van der Waals surface area (Å²) < 4.78 is 28.3. The zero-order chi connectivity index (χ0) is 19.6. The first-order chi connectivity index (χ1) is 13.6. The van der Waals surface area contributed by atoms with E-state index in [4.69, 9.17) is 0 Å². The largest absolute Gasteiger partial charge is 0.367 e. The van der Waals surface area contributed by atoms with Crippen LogP contribution in [0.15, 0.2) is 47.5 Å². The van der Waals surface area contributed by atoms with Gasteiger partial charge in [0, 0.05) is 24.3 Å². The fourth-order valence-electron chi connectivity index (χ4n) is 4.43. The highest BCUT2D eigenvalue weighted by Gasteiger charge is 2.37. The Morgan fingerprint density at radius 1 is 1.00 bits per heavy atom. The second kappa shape index (κ2) is 8.21. The molecule has 1 N–H and O–H groups in total. The van der Waals surface area contributed by atoms with Gasteiger partial charge in [0.1, 0.15) is 5.82 Å². The van der Waals surface area contributed by atoms with E-state index >= 15 is 0 Å². The molecule has 2 fully saturated rings. The third-order valence-corrected chi connectivity index (χ3v) is 7.90. The molecule has 6 heteroatoms. The summed E-state index contributed by atoms with van der Waals surface area (Å²) in [5, 5.41) is 3.61. The second-order valence-corrected chi connectivity index (χ2v) is 9.90. The Morgan fingerprint density at radius 2 is 1.75 bits per heavy atom. The third-order valence-electron chi connectivity index (χ3n) is 5.98. The Morgan fingerprint density at radius 3 is 2.50 bits per heavy atom. The minimum Gasteiger partial charge on any atom is -0.367 e. The molecule has 1 aliphatic carbocycles. The molecule has 2 aliphatic rings. The molecule has 1 aromatic heterocycles. The van der Waals surface area contributed by atoms with E-state index in [9.17, 15) is 8.42 Å². The number of anilines is 1. The van der Waals surface area contributed by atoms with Crippen molar-refractivity contribution >= 4 is 15.8 Å². The fraction of sp³-hybridized carbons (Fsp3) is 0.500. The van der Waals surface area contributed by atoms with Crippen molar-refractivity contribution in [3.05, 3.63) is 53.7 Å². The van der Waals surface area contributed by atoms with Crippen LogP contribution in [0, 0.1) is 6.92 Å². The number of sulfonamides is 1. The van der Waals surface area contributed by atoms with E-state index in [2.05, 4.69) is 10.3 Å². The SMILES string of the molecule is Cc1ccc(S(=O)(=O)N2CCC[C@H]2c2cccnc2NC2CCCCC2)cc1. The lowest BCUT2D eigenvalue weighted by molar-refractivity contribution is 0.396. The van der Waals surface area contributed by atoms with Crippen LogP contribution < -0.4 is 5.32 Å². The number of hydrogen-bond donors (Lipinski definition) is 1. The Hall–Kier alpha value is -1.92. The number of aryl methyl sites for hydroxylation is 1. The molecular weight excluding hydrogens is 370 g/mol. The van der Waals surface area contributed by atoms with Gasteiger partial charge in [0.15, 0.2) is 0 Å². The number of benzene rings is 1. The van der Waals surface area contributed by atoms with Gasteiger partial charge in [-0.05, 0) is 50.8 Å². The average molecular weight is 400 g/mol. The van der Waals surface area contributed by atoms with E-state index in [0.717, 1.165) is 42.6 Å². The molecule has 1 atom stereocenters. The van der Waals surface area contributed by atoms with Crippen molar-refractivity contribution in [3.63, 3.8) is 0 Å². The van der Waals surface area contributed by atoms with Crippen LogP contribution in [-0.4, -0.2) is 30.3 Å². The Kier molecular flexibility index (Phi) is 5.69. The van der Waals surface area contributed by atoms with Crippen molar-refractivity contribution in [2.75, 3.05) is 11.9 Å². The smallest absolute Gasteiger partial charge is 0.243 e. The van der Waals surface area contributed by atoms with Gasteiger partial charge in [0.05, 0.1) is 10.9 Å². The molecule has 2 heterocycles. The van der Waals surface area contributed by atoms with Crippen LogP contribution in [0.4, 0.5) is 5.82 Å². The van der Waals surface area contributed by atoms with Gasteiger partial charge < -0.3 is 5.32 Å². The highest BCUT2D eigenvalue weighted by atomic mass is 32.2. The maximum Gasteiger partial charge on any atom is 0.243 e. The molecule has 150 valence electrons. The van der Waals surface area contributed by atoms with E-state index < -0.39 is 10.0 Å². The lowest BCUT2D eigenvalue weighted by Crippen LogP contribution is -2.32. The maximum atomic E-state index is 13.3. The Balaban J connectivity index is 1.62. The molecule has 28 heavy (non-hydrogen) atoms. The lowest BCUT2D eigenvalue weighted by atomic mass is 9.95. The zero-order valence-corrected chi connectivity index (χ0v) is 17.3. The quantitative estimate of drug-likeness (QED) is 0.794. The topological polar surface area (TPSA) is 62.3 Å². The van der Waals surface area contributed by atoms with Crippen LogP contribution in [0.3, 0.4) is 0 Å². The summed E-state index contributed by atoms with van der Waals surface area (Å²) in [6, 6.07) is 11.4. The highest BCUT2D eigenvalue weighted by Crippen LogP contribution is 2.39. The van der Waals surface area contributed by atoms with E-state index in [1.54, 1.807) is 22.6 Å². The summed E-state index contributed by atoms with van der Waals surface area (Å²) in [5.74, 6) is 0.852.